The van der Waals surface area contributed by atoms with Crippen molar-refractivity contribution in [1.29, 1.82) is 0 Å². The lowest BCUT2D eigenvalue weighted by atomic mass is 9.99. The fourth-order valence-electron chi connectivity index (χ4n) is 3.17. The van der Waals surface area contributed by atoms with Crippen molar-refractivity contribution in [3.8, 4) is 11.6 Å². The Morgan fingerprint density at radius 1 is 1.40 bits per heavy atom. The number of fused-ring (bicyclic) bond motifs is 1. The lowest BCUT2D eigenvalue weighted by Gasteiger charge is -2.18. The zero-order valence-electron chi connectivity index (χ0n) is 14.2. The third-order valence-electron chi connectivity index (χ3n) is 4.32. The molecule has 0 fully saturated rings. The van der Waals surface area contributed by atoms with Gasteiger partial charge in [0.25, 0.3) is 5.89 Å². The number of aromatic nitrogens is 4. The van der Waals surface area contributed by atoms with Crippen molar-refractivity contribution in [3.05, 3.63) is 45.8 Å². The van der Waals surface area contributed by atoms with E-state index in [0.717, 1.165) is 27.3 Å². The minimum Gasteiger partial charge on any atom is -0.422 e. The number of rotatable bonds is 2. The van der Waals surface area contributed by atoms with E-state index in [9.17, 15) is 0 Å². The van der Waals surface area contributed by atoms with Crippen LogP contribution in [-0.2, 0) is 7.05 Å². The number of anilines is 1. The van der Waals surface area contributed by atoms with E-state index in [1.54, 1.807) is 0 Å². The Morgan fingerprint density at radius 2 is 2.24 bits per heavy atom. The highest BCUT2D eigenvalue weighted by Gasteiger charge is 2.33. The molecule has 0 bridgehead atoms. The molecule has 3 heterocycles. The van der Waals surface area contributed by atoms with Crippen molar-refractivity contribution in [3.63, 3.8) is 0 Å². The highest BCUT2D eigenvalue weighted by molar-refractivity contribution is 9.10. The summed E-state index contributed by atoms with van der Waals surface area (Å²) in [6.45, 7) is 4.33. The summed E-state index contributed by atoms with van der Waals surface area (Å²) in [5.74, 6) is 2.46. The molecule has 0 saturated carbocycles. The first kappa shape index (κ1) is 16.7. The van der Waals surface area contributed by atoms with Crippen molar-refractivity contribution < 1.29 is 4.42 Å². The molecule has 1 aromatic carbocycles. The maximum Gasteiger partial charge on any atom is 0.268 e. The Labute approximate surface area is 158 Å². The van der Waals surface area contributed by atoms with E-state index < -0.39 is 0 Å². The lowest BCUT2D eigenvalue weighted by Crippen LogP contribution is -2.18. The summed E-state index contributed by atoms with van der Waals surface area (Å²) < 4.78 is 8.42. The average Bonchev–Trinajstić information content (AvgIpc) is 3.15. The molecule has 4 rings (SSSR count). The summed E-state index contributed by atoms with van der Waals surface area (Å²) in [5, 5.41) is 16.3. The predicted molar refractivity (Wildman–Crippen MR) is 103 cm³/mol. The minimum atomic E-state index is 0.149. The SMILES string of the molecule is Cc1cc(Br)ccc1C1SCC(C)Nc2c1c(-c1nnco1)nn2C. The van der Waals surface area contributed by atoms with E-state index >= 15 is 0 Å². The van der Waals surface area contributed by atoms with E-state index in [0.29, 0.717) is 11.9 Å². The number of halogens is 1. The molecule has 0 saturated heterocycles. The van der Waals surface area contributed by atoms with Crippen molar-refractivity contribution >= 4 is 33.5 Å². The molecule has 8 heteroatoms. The molecular weight excluding hydrogens is 402 g/mol. The Balaban J connectivity index is 1.93. The van der Waals surface area contributed by atoms with Gasteiger partial charge in [-0.05, 0) is 37.1 Å². The van der Waals surface area contributed by atoms with Gasteiger partial charge < -0.3 is 9.73 Å². The van der Waals surface area contributed by atoms with Crippen LogP contribution in [0.4, 0.5) is 5.82 Å². The first-order valence-electron chi connectivity index (χ1n) is 8.02. The van der Waals surface area contributed by atoms with Crippen LogP contribution in [0.15, 0.2) is 33.5 Å². The van der Waals surface area contributed by atoms with Gasteiger partial charge in [0.15, 0.2) is 5.69 Å². The molecule has 6 nitrogen and oxygen atoms in total. The summed E-state index contributed by atoms with van der Waals surface area (Å²) in [7, 11) is 1.94. The number of hydrogen-bond donors (Lipinski definition) is 1. The fraction of sp³-hybridized carbons (Fsp3) is 0.353. The van der Waals surface area contributed by atoms with Crippen molar-refractivity contribution in [2.45, 2.75) is 25.1 Å². The summed E-state index contributed by atoms with van der Waals surface area (Å²) in [6.07, 6.45) is 1.34. The molecule has 2 atom stereocenters. The predicted octanol–water partition coefficient (Wildman–Crippen LogP) is 4.18. The molecule has 2 unspecified atom stereocenters. The molecule has 0 aliphatic carbocycles. The molecule has 2 aromatic heterocycles. The van der Waals surface area contributed by atoms with Crippen LogP contribution >= 0.6 is 27.7 Å². The first-order valence-corrected chi connectivity index (χ1v) is 9.86. The third kappa shape index (κ3) is 2.97. The van der Waals surface area contributed by atoms with Gasteiger partial charge in [-0.15, -0.1) is 22.0 Å². The second-order valence-corrected chi connectivity index (χ2v) is 8.29. The fourth-order valence-corrected chi connectivity index (χ4v) is 5.05. The molecule has 1 aliphatic rings. The molecule has 0 amide bonds. The molecule has 0 radical (unpaired) electrons. The highest BCUT2D eigenvalue weighted by Crippen LogP contribution is 2.47. The second kappa shape index (κ2) is 6.49. The number of hydrogen-bond acceptors (Lipinski definition) is 6. The Morgan fingerprint density at radius 3 is 2.96 bits per heavy atom. The molecule has 25 heavy (non-hydrogen) atoms. The van der Waals surface area contributed by atoms with Gasteiger partial charge >= 0.3 is 0 Å². The minimum absolute atomic E-state index is 0.149. The van der Waals surface area contributed by atoms with Crippen LogP contribution in [0.1, 0.15) is 28.9 Å². The monoisotopic (exact) mass is 419 g/mol. The van der Waals surface area contributed by atoms with Gasteiger partial charge in [0.1, 0.15) is 5.82 Å². The molecule has 130 valence electrons. The zero-order chi connectivity index (χ0) is 17.6. The average molecular weight is 420 g/mol. The Hall–Kier alpha value is -1.80. The summed E-state index contributed by atoms with van der Waals surface area (Å²) in [5.41, 5.74) is 4.37. The van der Waals surface area contributed by atoms with Gasteiger partial charge in [-0.2, -0.15) is 5.10 Å². The van der Waals surface area contributed by atoms with Crippen LogP contribution in [0.3, 0.4) is 0 Å². The van der Waals surface area contributed by atoms with Gasteiger partial charge in [-0.3, -0.25) is 4.68 Å². The maximum absolute atomic E-state index is 5.46. The van der Waals surface area contributed by atoms with Crippen LogP contribution in [-0.4, -0.2) is 31.8 Å². The van der Waals surface area contributed by atoms with E-state index in [4.69, 9.17) is 4.42 Å². The molecule has 3 aromatic rings. The Bertz CT molecular complexity index is 908. The summed E-state index contributed by atoms with van der Waals surface area (Å²) in [4.78, 5) is 0. The molecule has 0 spiro atoms. The molecule has 1 N–H and O–H groups in total. The lowest BCUT2D eigenvalue weighted by molar-refractivity contribution is 0.564. The van der Waals surface area contributed by atoms with Crippen LogP contribution in [0, 0.1) is 6.92 Å². The topological polar surface area (TPSA) is 68.8 Å². The van der Waals surface area contributed by atoms with E-state index in [1.165, 1.54) is 17.5 Å². The number of benzene rings is 1. The van der Waals surface area contributed by atoms with E-state index in [1.807, 2.05) is 23.5 Å². The molecular formula is C17H18BrN5OS. The van der Waals surface area contributed by atoms with Crippen molar-refractivity contribution in [2.75, 3.05) is 11.1 Å². The van der Waals surface area contributed by atoms with E-state index in [-0.39, 0.29) is 5.25 Å². The quantitative estimate of drug-likeness (QED) is 0.671. The van der Waals surface area contributed by atoms with Gasteiger partial charge in [-0.1, -0.05) is 22.0 Å². The maximum atomic E-state index is 5.46. The van der Waals surface area contributed by atoms with E-state index in [2.05, 4.69) is 68.6 Å². The van der Waals surface area contributed by atoms with Crippen LogP contribution < -0.4 is 5.32 Å². The normalized spacial score (nSPS) is 20.0. The number of nitrogens with one attached hydrogen (secondary N) is 1. The van der Waals surface area contributed by atoms with Crippen molar-refractivity contribution in [1.82, 2.24) is 20.0 Å². The second-order valence-electron chi connectivity index (χ2n) is 6.24. The Kier molecular flexibility index (Phi) is 4.33. The standard InChI is InChI=1S/C17H18BrN5OS/c1-9-6-11(18)4-5-12(9)15-13-14(17-21-19-8-24-17)22-23(3)16(13)20-10(2)7-25-15/h4-6,8,10,15,20H,7H2,1-3H3. The third-order valence-corrected chi connectivity index (χ3v) is 6.33. The van der Waals surface area contributed by atoms with Crippen molar-refractivity contribution in [2.24, 2.45) is 7.05 Å². The van der Waals surface area contributed by atoms with Gasteiger partial charge in [-0.25, -0.2) is 0 Å². The number of aryl methyl sites for hydroxylation is 2. The summed E-state index contributed by atoms with van der Waals surface area (Å²) >= 11 is 5.47. The number of thioether (sulfide) groups is 1. The smallest absolute Gasteiger partial charge is 0.268 e. The first-order chi connectivity index (χ1) is 12.0. The van der Waals surface area contributed by atoms with Crippen LogP contribution in [0.5, 0.6) is 0 Å². The number of nitrogens with zero attached hydrogens (tertiary/aromatic N) is 4. The highest BCUT2D eigenvalue weighted by atomic mass is 79.9. The van der Waals surface area contributed by atoms with Crippen LogP contribution in [0.25, 0.3) is 11.6 Å². The summed E-state index contributed by atoms with van der Waals surface area (Å²) in [6, 6.07) is 6.77. The van der Waals surface area contributed by atoms with Gasteiger partial charge in [0, 0.05) is 28.9 Å². The zero-order valence-corrected chi connectivity index (χ0v) is 16.6. The van der Waals surface area contributed by atoms with Gasteiger partial charge in [0.2, 0.25) is 6.39 Å². The van der Waals surface area contributed by atoms with Gasteiger partial charge in [0.05, 0.1) is 5.25 Å². The largest absolute Gasteiger partial charge is 0.422 e. The van der Waals surface area contributed by atoms with Crippen LogP contribution in [0.2, 0.25) is 0 Å². The molecule has 1 aliphatic heterocycles.